The van der Waals surface area contributed by atoms with Gasteiger partial charge >= 0.3 is 5.97 Å². The number of benzene rings is 3. The van der Waals surface area contributed by atoms with Crippen LogP contribution in [-0.4, -0.2) is 39.7 Å². The molecule has 0 atom stereocenters. The van der Waals surface area contributed by atoms with E-state index in [1.807, 2.05) is 6.07 Å². The van der Waals surface area contributed by atoms with E-state index in [-0.39, 0.29) is 23.6 Å². The normalized spacial score (nSPS) is 10.9. The number of sulfonamides is 1. The fourth-order valence-electron chi connectivity index (χ4n) is 3.16. The quantitative estimate of drug-likeness (QED) is 0.455. The number of amides is 1. The van der Waals surface area contributed by atoms with Crippen molar-refractivity contribution in [2.75, 3.05) is 29.0 Å². The molecular weight excluding hydrogens is 456 g/mol. The van der Waals surface area contributed by atoms with Gasteiger partial charge in [-0.15, -0.1) is 0 Å². The lowest BCUT2D eigenvalue weighted by Crippen LogP contribution is -2.37. The average Bonchev–Trinajstić information content (AvgIpc) is 2.79. The highest BCUT2D eigenvalue weighted by Crippen LogP contribution is 2.33. The molecule has 3 aromatic carbocycles. The van der Waals surface area contributed by atoms with Gasteiger partial charge in [-0.2, -0.15) is 0 Å². The van der Waals surface area contributed by atoms with E-state index in [9.17, 15) is 18.0 Å². The number of esters is 1. The molecule has 0 aromatic heterocycles. The van der Waals surface area contributed by atoms with Gasteiger partial charge in [0.2, 0.25) is 15.9 Å². The third kappa shape index (κ3) is 6.35. The van der Waals surface area contributed by atoms with Crippen LogP contribution in [-0.2, 0) is 19.6 Å². The fraction of sp³-hybridized carbons (Fsp3) is 0.200. The summed E-state index contributed by atoms with van der Waals surface area (Å²) < 4.78 is 37.1. The van der Waals surface area contributed by atoms with E-state index in [4.69, 9.17) is 9.47 Å². The number of nitrogens with one attached hydrogen (secondary N) is 1. The van der Waals surface area contributed by atoms with Crippen LogP contribution in [0.1, 0.15) is 22.8 Å². The molecule has 0 spiro atoms. The summed E-state index contributed by atoms with van der Waals surface area (Å²) in [5.74, 6) is -0.279. The average molecular weight is 483 g/mol. The second kappa shape index (κ2) is 10.8. The number of hydrogen-bond acceptors (Lipinski definition) is 6. The Morgan fingerprint density at radius 1 is 0.971 bits per heavy atom. The van der Waals surface area contributed by atoms with Gasteiger partial charge in [-0.1, -0.05) is 36.4 Å². The number of carbonyl (C=O) groups excluding carboxylic acids is 2. The summed E-state index contributed by atoms with van der Waals surface area (Å²) in [6, 6.07) is 20.3. The summed E-state index contributed by atoms with van der Waals surface area (Å²) in [6.45, 7) is 3.20. The Morgan fingerprint density at radius 3 is 2.32 bits per heavy atom. The van der Waals surface area contributed by atoms with Gasteiger partial charge in [0.05, 0.1) is 24.1 Å². The lowest BCUT2D eigenvalue weighted by molar-refractivity contribution is -0.114. The van der Waals surface area contributed by atoms with Gasteiger partial charge in [0.25, 0.3) is 0 Å². The van der Waals surface area contributed by atoms with Gasteiger partial charge in [-0.3, -0.25) is 9.10 Å². The minimum atomic E-state index is -3.84. The molecule has 1 amide bonds. The largest absolute Gasteiger partial charge is 0.462 e. The molecule has 0 aliphatic carbocycles. The van der Waals surface area contributed by atoms with Crippen molar-refractivity contribution >= 4 is 33.3 Å². The summed E-state index contributed by atoms with van der Waals surface area (Å²) in [5.41, 5.74) is 1.60. The van der Waals surface area contributed by atoms with E-state index in [0.29, 0.717) is 17.0 Å². The maximum atomic E-state index is 12.9. The van der Waals surface area contributed by atoms with Crippen LogP contribution in [0.2, 0.25) is 0 Å². The standard InChI is InChI=1S/C25H26N2O6S/c1-4-32-25(29)19-15-14-18(2)21(16-19)26-24(28)17-27(34(3,30)31)22-12-8-9-13-23(22)33-20-10-6-5-7-11-20/h5-16H,4,17H2,1-3H3,(H,26,28). The van der Waals surface area contributed by atoms with Gasteiger partial charge in [0.1, 0.15) is 12.3 Å². The zero-order valence-electron chi connectivity index (χ0n) is 19.1. The lowest BCUT2D eigenvalue weighted by atomic mass is 10.1. The SMILES string of the molecule is CCOC(=O)c1ccc(C)c(NC(=O)CN(c2ccccc2Oc2ccccc2)S(C)(=O)=O)c1. The maximum absolute atomic E-state index is 12.9. The Labute approximate surface area is 199 Å². The minimum absolute atomic E-state index is 0.223. The molecule has 0 radical (unpaired) electrons. The molecule has 0 fully saturated rings. The topological polar surface area (TPSA) is 102 Å². The van der Waals surface area contributed by atoms with Gasteiger partial charge in [0.15, 0.2) is 5.75 Å². The molecule has 9 heteroatoms. The molecule has 3 aromatic rings. The van der Waals surface area contributed by atoms with Crippen LogP contribution >= 0.6 is 0 Å². The first-order valence-electron chi connectivity index (χ1n) is 10.6. The smallest absolute Gasteiger partial charge is 0.338 e. The van der Waals surface area contributed by atoms with Crippen molar-refractivity contribution in [3.8, 4) is 11.5 Å². The lowest BCUT2D eigenvalue weighted by Gasteiger charge is -2.24. The van der Waals surface area contributed by atoms with E-state index >= 15 is 0 Å². The van der Waals surface area contributed by atoms with Crippen molar-refractivity contribution in [1.82, 2.24) is 0 Å². The van der Waals surface area contributed by atoms with Gasteiger partial charge in [-0.05, 0) is 55.8 Å². The summed E-state index contributed by atoms with van der Waals surface area (Å²) in [4.78, 5) is 24.9. The molecule has 34 heavy (non-hydrogen) atoms. The van der Waals surface area contributed by atoms with Crippen LogP contribution in [0.25, 0.3) is 0 Å². The predicted molar refractivity (Wildman–Crippen MR) is 131 cm³/mol. The van der Waals surface area contributed by atoms with Crippen LogP contribution in [0.4, 0.5) is 11.4 Å². The molecule has 0 heterocycles. The van der Waals surface area contributed by atoms with Crippen LogP contribution in [0.3, 0.4) is 0 Å². The van der Waals surface area contributed by atoms with Crippen LogP contribution in [0, 0.1) is 6.92 Å². The molecule has 8 nitrogen and oxygen atoms in total. The molecule has 1 N–H and O–H groups in total. The monoisotopic (exact) mass is 482 g/mol. The zero-order chi connectivity index (χ0) is 24.7. The summed E-state index contributed by atoms with van der Waals surface area (Å²) >= 11 is 0. The van der Waals surface area contributed by atoms with Crippen molar-refractivity contribution in [2.45, 2.75) is 13.8 Å². The molecule has 0 unspecified atom stereocenters. The van der Waals surface area contributed by atoms with E-state index < -0.39 is 28.4 Å². The summed E-state index contributed by atoms with van der Waals surface area (Å²) in [7, 11) is -3.84. The van der Waals surface area contributed by atoms with E-state index in [2.05, 4.69) is 5.32 Å². The number of aryl methyl sites for hydroxylation is 1. The maximum Gasteiger partial charge on any atom is 0.338 e. The Balaban J connectivity index is 1.86. The molecule has 0 saturated carbocycles. The van der Waals surface area contributed by atoms with Gasteiger partial charge in [0, 0.05) is 5.69 Å². The van der Waals surface area contributed by atoms with E-state index in [1.54, 1.807) is 74.5 Å². The highest BCUT2D eigenvalue weighted by Gasteiger charge is 2.24. The number of anilines is 2. The molecule has 0 bridgehead atoms. The number of para-hydroxylation sites is 3. The number of carbonyl (C=O) groups is 2. The number of hydrogen-bond donors (Lipinski definition) is 1. The first-order chi connectivity index (χ1) is 16.2. The Hall–Kier alpha value is -3.85. The highest BCUT2D eigenvalue weighted by molar-refractivity contribution is 7.92. The Bertz CT molecular complexity index is 1280. The van der Waals surface area contributed by atoms with E-state index in [1.165, 1.54) is 6.07 Å². The molecule has 0 aliphatic rings. The molecule has 0 aliphatic heterocycles. The van der Waals surface area contributed by atoms with Crippen molar-refractivity contribution in [1.29, 1.82) is 0 Å². The van der Waals surface area contributed by atoms with Crippen LogP contribution in [0.5, 0.6) is 11.5 Å². The summed E-state index contributed by atoms with van der Waals surface area (Å²) in [6.07, 6.45) is 1.02. The number of nitrogens with zero attached hydrogens (tertiary/aromatic N) is 1. The fourth-order valence-corrected chi connectivity index (χ4v) is 4.02. The minimum Gasteiger partial charge on any atom is -0.462 e. The highest BCUT2D eigenvalue weighted by atomic mass is 32.2. The Morgan fingerprint density at radius 2 is 1.65 bits per heavy atom. The third-order valence-corrected chi connectivity index (χ3v) is 5.94. The van der Waals surface area contributed by atoms with Crippen LogP contribution in [0.15, 0.2) is 72.8 Å². The number of rotatable bonds is 9. The van der Waals surface area contributed by atoms with Crippen molar-refractivity contribution in [3.05, 3.63) is 83.9 Å². The summed E-state index contributed by atoms with van der Waals surface area (Å²) in [5, 5.41) is 2.70. The zero-order valence-corrected chi connectivity index (χ0v) is 20.0. The number of ether oxygens (including phenoxy) is 2. The molecule has 0 saturated heterocycles. The second-order valence-corrected chi connectivity index (χ2v) is 9.36. The Kier molecular flexibility index (Phi) is 7.91. The van der Waals surface area contributed by atoms with Crippen molar-refractivity contribution < 1.29 is 27.5 Å². The molecular formula is C25H26N2O6S. The van der Waals surface area contributed by atoms with Crippen molar-refractivity contribution in [2.24, 2.45) is 0 Å². The second-order valence-electron chi connectivity index (χ2n) is 7.45. The van der Waals surface area contributed by atoms with Gasteiger partial charge in [-0.25, -0.2) is 13.2 Å². The molecule has 3 rings (SSSR count). The molecule has 178 valence electrons. The van der Waals surface area contributed by atoms with Gasteiger partial charge < -0.3 is 14.8 Å². The van der Waals surface area contributed by atoms with E-state index in [0.717, 1.165) is 10.6 Å². The predicted octanol–water partition coefficient (Wildman–Crippen LogP) is 4.37. The first kappa shape index (κ1) is 24.8. The van der Waals surface area contributed by atoms with Crippen LogP contribution < -0.4 is 14.4 Å². The van der Waals surface area contributed by atoms with Crippen molar-refractivity contribution in [3.63, 3.8) is 0 Å². The third-order valence-electron chi connectivity index (χ3n) is 4.82. The first-order valence-corrected chi connectivity index (χ1v) is 12.4.